The third kappa shape index (κ3) is 4.67. The Hall–Kier alpha value is -2.26. The van der Waals surface area contributed by atoms with Crippen LogP contribution in [0.25, 0.3) is 0 Å². The van der Waals surface area contributed by atoms with Crippen molar-refractivity contribution in [1.82, 2.24) is 15.5 Å². The Kier molecular flexibility index (Phi) is 5.82. The van der Waals surface area contributed by atoms with Gasteiger partial charge in [0.2, 0.25) is 11.8 Å². The van der Waals surface area contributed by atoms with Gasteiger partial charge in [-0.05, 0) is 39.8 Å². The maximum absolute atomic E-state index is 12.8. The summed E-state index contributed by atoms with van der Waals surface area (Å²) in [5, 5.41) is 15.8. The molecule has 158 valence electrons. The summed E-state index contributed by atoms with van der Waals surface area (Å²) in [7, 11) is 0. The van der Waals surface area contributed by atoms with Gasteiger partial charge in [-0.15, -0.1) is 11.8 Å². The van der Waals surface area contributed by atoms with Crippen LogP contribution in [0, 0.1) is 0 Å². The lowest BCUT2D eigenvalue weighted by atomic mass is 9.89. The molecular weight excluding hydrogens is 394 g/mol. The highest BCUT2D eigenvalue weighted by atomic mass is 32.2. The number of thioether (sulfide) groups is 1. The van der Waals surface area contributed by atoms with Crippen LogP contribution >= 0.6 is 11.8 Å². The summed E-state index contributed by atoms with van der Waals surface area (Å²) < 4.78 is 5.41. The highest BCUT2D eigenvalue weighted by molar-refractivity contribution is 8.00. The molecule has 2 heterocycles. The van der Waals surface area contributed by atoms with E-state index in [1.165, 1.54) is 16.7 Å². The molecule has 0 aliphatic carbocycles. The van der Waals surface area contributed by atoms with E-state index in [-0.39, 0.29) is 18.3 Å². The summed E-state index contributed by atoms with van der Waals surface area (Å²) in [4.78, 5) is 39.1. The third-order valence-electron chi connectivity index (χ3n) is 4.67. The summed E-state index contributed by atoms with van der Waals surface area (Å²) in [6.07, 6.45) is 0. The van der Waals surface area contributed by atoms with Crippen molar-refractivity contribution in [2.24, 2.45) is 0 Å². The van der Waals surface area contributed by atoms with Crippen molar-refractivity contribution in [2.45, 2.75) is 56.3 Å². The van der Waals surface area contributed by atoms with E-state index >= 15 is 0 Å². The van der Waals surface area contributed by atoms with Gasteiger partial charge < -0.3 is 25.4 Å². The van der Waals surface area contributed by atoms with Crippen LogP contribution in [0.3, 0.4) is 0 Å². The van der Waals surface area contributed by atoms with Crippen LogP contribution in [0.1, 0.15) is 27.7 Å². The van der Waals surface area contributed by atoms with E-state index in [0.29, 0.717) is 5.75 Å². The minimum atomic E-state index is -1.36. The number of hydrogen-bond acceptors (Lipinski definition) is 6. The number of benzene rings is 1. The Balaban J connectivity index is 1.63. The second kappa shape index (κ2) is 7.87. The first-order valence-electron chi connectivity index (χ1n) is 9.45. The second-order valence-electron chi connectivity index (χ2n) is 8.59. The topological polar surface area (TPSA) is 108 Å². The molecule has 3 rings (SSSR count). The number of para-hydroxylation sites is 1. The van der Waals surface area contributed by atoms with Gasteiger partial charge in [0.15, 0.2) is 6.61 Å². The molecule has 3 unspecified atom stereocenters. The first-order valence-corrected chi connectivity index (χ1v) is 10.5. The largest absolute Gasteiger partial charge is 0.484 e. The maximum atomic E-state index is 12.8. The number of nitrogens with one attached hydrogen (secondary N) is 2. The summed E-state index contributed by atoms with van der Waals surface area (Å²) in [6.45, 7) is 6.85. The molecule has 0 saturated carbocycles. The van der Waals surface area contributed by atoms with Crippen molar-refractivity contribution in [3.05, 3.63) is 30.3 Å². The fourth-order valence-electron chi connectivity index (χ4n) is 3.43. The number of fused-ring (bicyclic) bond motifs is 1. The Morgan fingerprint density at radius 2 is 1.97 bits per heavy atom. The van der Waals surface area contributed by atoms with E-state index in [1.54, 1.807) is 31.2 Å². The van der Waals surface area contributed by atoms with E-state index in [4.69, 9.17) is 4.74 Å². The molecule has 1 aromatic rings. The van der Waals surface area contributed by atoms with Gasteiger partial charge in [0.1, 0.15) is 28.8 Å². The van der Waals surface area contributed by atoms with Gasteiger partial charge in [-0.1, -0.05) is 18.2 Å². The van der Waals surface area contributed by atoms with Crippen LogP contribution in [0.2, 0.25) is 0 Å². The van der Waals surface area contributed by atoms with Crippen LogP contribution in [0.15, 0.2) is 30.3 Å². The van der Waals surface area contributed by atoms with Crippen LogP contribution in [0.4, 0.5) is 0 Å². The molecular formula is C20H27N3O5S. The number of rotatable bonds is 5. The number of nitrogens with zero attached hydrogens (tertiary/aromatic N) is 1. The zero-order valence-corrected chi connectivity index (χ0v) is 17.8. The van der Waals surface area contributed by atoms with Gasteiger partial charge in [-0.3, -0.25) is 14.4 Å². The van der Waals surface area contributed by atoms with Gasteiger partial charge in [0.25, 0.3) is 5.91 Å². The van der Waals surface area contributed by atoms with Gasteiger partial charge >= 0.3 is 0 Å². The van der Waals surface area contributed by atoms with Crippen molar-refractivity contribution >= 4 is 29.5 Å². The van der Waals surface area contributed by atoms with Crippen molar-refractivity contribution in [2.75, 3.05) is 12.4 Å². The average molecular weight is 422 g/mol. The zero-order chi connectivity index (χ0) is 21.4. The Morgan fingerprint density at radius 3 is 2.59 bits per heavy atom. The molecule has 2 aliphatic heterocycles. The van der Waals surface area contributed by atoms with Crippen molar-refractivity contribution in [1.29, 1.82) is 0 Å². The lowest BCUT2D eigenvalue weighted by Gasteiger charge is -2.57. The van der Waals surface area contributed by atoms with E-state index in [2.05, 4.69) is 10.6 Å². The molecule has 2 aliphatic rings. The summed E-state index contributed by atoms with van der Waals surface area (Å²) in [6, 6.07) is 7.17. The fraction of sp³-hybridized carbons (Fsp3) is 0.550. The number of carbonyl (C=O) groups excluding carboxylic acids is 3. The average Bonchev–Trinajstić information content (AvgIpc) is 2.63. The molecule has 2 fully saturated rings. The molecule has 0 spiro atoms. The third-order valence-corrected chi connectivity index (χ3v) is 6.26. The minimum Gasteiger partial charge on any atom is -0.484 e. The number of ether oxygens (including phenoxy) is 1. The molecule has 8 nitrogen and oxygen atoms in total. The van der Waals surface area contributed by atoms with E-state index in [9.17, 15) is 19.5 Å². The highest BCUT2D eigenvalue weighted by Gasteiger charge is 2.61. The summed E-state index contributed by atoms with van der Waals surface area (Å²) >= 11 is 1.35. The molecule has 1 aromatic carbocycles. The van der Waals surface area contributed by atoms with Crippen molar-refractivity contribution in [3.63, 3.8) is 0 Å². The lowest BCUT2D eigenvalue weighted by Crippen LogP contribution is -2.80. The second-order valence-corrected chi connectivity index (χ2v) is 9.70. The standard InChI is InChI=1S/C20H27N3O5S/c1-19(2,3)22-16(25)15-20(4,27)11-29-18-14(17(26)23(15)18)21-13(24)10-28-12-8-6-5-7-9-12/h5-9,14-15,18,27H,10-11H2,1-4H3,(H,21,24)(H,22,25)/t14?,15?,18-,20?/m1/s1. The van der Waals surface area contributed by atoms with E-state index in [1.807, 2.05) is 26.8 Å². The number of carbonyl (C=O) groups is 3. The normalized spacial score (nSPS) is 28.8. The first kappa shape index (κ1) is 21.4. The number of β-lactam (4-membered cyclic amide) rings is 1. The maximum Gasteiger partial charge on any atom is 0.258 e. The molecule has 3 amide bonds. The minimum absolute atomic E-state index is 0.211. The van der Waals surface area contributed by atoms with Gasteiger partial charge in [-0.2, -0.15) is 0 Å². The van der Waals surface area contributed by atoms with Gasteiger partial charge in [0.05, 0.1) is 0 Å². The molecule has 3 N–H and O–H groups in total. The molecule has 0 radical (unpaired) electrons. The summed E-state index contributed by atoms with van der Waals surface area (Å²) in [5.74, 6) is -0.369. The zero-order valence-electron chi connectivity index (χ0n) is 17.0. The van der Waals surface area contributed by atoms with Crippen LogP contribution in [0.5, 0.6) is 5.75 Å². The summed E-state index contributed by atoms with van der Waals surface area (Å²) in [5.41, 5.74) is -1.86. The first-order chi connectivity index (χ1) is 13.5. The fourth-order valence-corrected chi connectivity index (χ4v) is 4.86. The van der Waals surface area contributed by atoms with Gasteiger partial charge in [0, 0.05) is 11.3 Å². The quantitative estimate of drug-likeness (QED) is 0.598. The number of amides is 3. The SMILES string of the molecule is CC(C)(C)NC(=O)C1N2C(=O)C(NC(=O)COc3ccccc3)[C@H]2SCC1(C)O. The number of aliphatic hydroxyl groups is 1. The monoisotopic (exact) mass is 421 g/mol. The smallest absolute Gasteiger partial charge is 0.258 e. The highest BCUT2D eigenvalue weighted by Crippen LogP contribution is 2.42. The number of hydrogen-bond donors (Lipinski definition) is 3. The molecule has 2 saturated heterocycles. The molecule has 0 bridgehead atoms. The Bertz CT molecular complexity index is 793. The van der Waals surface area contributed by atoms with E-state index < -0.39 is 40.4 Å². The molecule has 4 atom stereocenters. The molecule has 29 heavy (non-hydrogen) atoms. The lowest BCUT2D eigenvalue weighted by molar-refractivity contribution is -0.167. The Morgan fingerprint density at radius 1 is 1.31 bits per heavy atom. The molecule has 0 aromatic heterocycles. The van der Waals surface area contributed by atoms with Gasteiger partial charge in [-0.25, -0.2) is 0 Å². The van der Waals surface area contributed by atoms with Crippen LogP contribution in [-0.4, -0.2) is 68.7 Å². The predicted molar refractivity (Wildman–Crippen MR) is 109 cm³/mol. The van der Waals surface area contributed by atoms with Crippen LogP contribution < -0.4 is 15.4 Å². The van der Waals surface area contributed by atoms with Crippen LogP contribution in [-0.2, 0) is 14.4 Å². The Labute approximate surface area is 174 Å². The molecule has 9 heteroatoms. The van der Waals surface area contributed by atoms with Crippen molar-refractivity contribution in [3.8, 4) is 5.75 Å². The predicted octanol–water partition coefficient (Wildman–Crippen LogP) is 0.500. The van der Waals surface area contributed by atoms with E-state index in [0.717, 1.165) is 0 Å². The van der Waals surface area contributed by atoms with Crippen molar-refractivity contribution < 1.29 is 24.2 Å².